The molecule has 0 spiro atoms. The molecule has 2 aromatic carbocycles. The molecule has 4 nitrogen and oxygen atoms in total. The van der Waals surface area contributed by atoms with Gasteiger partial charge in [-0.3, -0.25) is 4.79 Å². The Bertz CT molecular complexity index is 704. The highest BCUT2D eigenvalue weighted by molar-refractivity contribution is 6.31. The van der Waals surface area contributed by atoms with Crippen molar-refractivity contribution in [2.24, 2.45) is 0 Å². The molecular weight excluding hydrogens is 325 g/mol. The summed E-state index contributed by atoms with van der Waals surface area (Å²) in [5.41, 5.74) is 1.13. The van der Waals surface area contributed by atoms with Gasteiger partial charge in [-0.25, -0.2) is 0 Å². The van der Waals surface area contributed by atoms with Gasteiger partial charge in [-0.2, -0.15) is 0 Å². The fraction of sp³-hybridized carbons (Fsp3) is 0.188. The lowest BCUT2D eigenvalue weighted by molar-refractivity contribution is -0.119. The van der Waals surface area contributed by atoms with Crippen molar-refractivity contribution in [3.05, 3.63) is 57.6 Å². The van der Waals surface area contributed by atoms with Crippen LogP contribution in [-0.2, 0) is 11.2 Å². The van der Waals surface area contributed by atoms with Crippen LogP contribution in [0.25, 0.3) is 0 Å². The van der Waals surface area contributed by atoms with Gasteiger partial charge in [0, 0.05) is 29.0 Å². The molecule has 0 saturated heterocycles. The number of phenols is 2. The zero-order valence-electron chi connectivity index (χ0n) is 11.8. The second-order valence-corrected chi connectivity index (χ2v) is 5.81. The summed E-state index contributed by atoms with van der Waals surface area (Å²) in [6, 6.07) is 8.96. The molecule has 0 fully saturated rings. The van der Waals surface area contributed by atoms with E-state index in [1.165, 1.54) is 19.1 Å². The number of benzene rings is 2. The maximum absolute atomic E-state index is 11.4. The molecule has 1 atom stereocenters. The summed E-state index contributed by atoms with van der Waals surface area (Å²) in [7, 11) is 0. The maximum Gasteiger partial charge on any atom is 0.217 e. The van der Waals surface area contributed by atoms with Gasteiger partial charge in [0.05, 0.1) is 6.04 Å². The zero-order valence-corrected chi connectivity index (χ0v) is 13.3. The average molecular weight is 340 g/mol. The molecule has 3 N–H and O–H groups in total. The quantitative estimate of drug-likeness (QED) is 0.792. The van der Waals surface area contributed by atoms with Crippen LogP contribution in [-0.4, -0.2) is 16.1 Å². The van der Waals surface area contributed by atoms with Gasteiger partial charge in [-0.1, -0.05) is 35.3 Å². The van der Waals surface area contributed by atoms with Crippen LogP contribution in [0.15, 0.2) is 36.4 Å². The van der Waals surface area contributed by atoms with Gasteiger partial charge in [-0.05, 0) is 29.8 Å². The van der Waals surface area contributed by atoms with Crippen molar-refractivity contribution in [2.45, 2.75) is 19.4 Å². The molecule has 0 aliphatic carbocycles. The van der Waals surface area contributed by atoms with E-state index in [1.807, 2.05) is 0 Å². The molecule has 22 heavy (non-hydrogen) atoms. The number of hydrogen-bond donors (Lipinski definition) is 3. The molecule has 116 valence electrons. The predicted octanol–water partition coefficient (Wildman–Crippen LogP) is 3.82. The van der Waals surface area contributed by atoms with Gasteiger partial charge in [-0.15, -0.1) is 0 Å². The van der Waals surface area contributed by atoms with Crippen LogP contribution in [0.5, 0.6) is 11.5 Å². The molecule has 0 aliphatic rings. The Labute approximate surface area is 138 Å². The standard InChI is InChI=1S/C16H15Cl2NO3/c1-9(20)19-14(13-5-4-12(18)8-16(13)22)6-10-2-3-11(17)7-15(10)21/h2-5,7-8,14,21-22H,6H2,1H3,(H,19,20). The van der Waals surface area contributed by atoms with Gasteiger partial charge in [0.2, 0.25) is 5.91 Å². The minimum absolute atomic E-state index is 0.0142. The Kier molecular flexibility index (Phi) is 5.16. The minimum atomic E-state index is -0.498. The summed E-state index contributed by atoms with van der Waals surface area (Å²) in [5.74, 6) is -0.219. The number of hydrogen-bond acceptors (Lipinski definition) is 3. The molecule has 2 rings (SSSR count). The molecule has 0 aromatic heterocycles. The molecule has 0 bridgehead atoms. The van der Waals surface area contributed by atoms with Crippen LogP contribution in [0, 0.1) is 0 Å². The van der Waals surface area contributed by atoms with Crippen molar-refractivity contribution < 1.29 is 15.0 Å². The summed E-state index contributed by atoms with van der Waals surface area (Å²) >= 11 is 11.6. The van der Waals surface area contributed by atoms with E-state index in [-0.39, 0.29) is 17.4 Å². The number of rotatable bonds is 4. The lowest BCUT2D eigenvalue weighted by Gasteiger charge is -2.20. The first-order valence-electron chi connectivity index (χ1n) is 6.59. The maximum atomic E-state index is 11.4. The van der Waals surface area contributed by atoms with Crippen LogP contribution in [0.3, 0.4) is 0 Å². The molecular formula is C16H15Cl2NO3. The van der Waals surface area contributed by atoms with Gasteiger partial charge < -0.3 is 15.5 Å². The fourth-order valence-corrected chi connectivity index (χ4v) is 2.56. The van der Waals surface area contributed by atoms with Crippen molar-refractivity contribution in [1.29, 1.82) is 0 Å². The Morgan fingerprint density at radius 3 is 2.23 bits per heavy atom. The van der Waals surface area contributed by atoms with Crippen molar-refractivity contribution in [2.75, 3.05) is 0 Å². The Hall–Kier alpha value is -1.91. The Morgan fingerprint density at radius 1 is 1.09 bits per heavy atom. The van der Waals surface area contributed by atoms with E-state index in [4.69, 9.17) is 23.2 Å². The molecule has 2 aromatic rings. The van der Waals surface area contributed by atoms with Gasteiger partial charge >= 0.3 is 0 Å². The molecule has 0 radical (unpaired) electrons. The van der Waals surface area contributed by atoms with Gasteiger partial charge in [0.25, 0.3) is 0 Å². The summed E-state index contributed by atoms with van der Waals surface area (Å²) < 4.78 is 0. The van der Waals surface area contributed by atoms with E-state index in [0.29, 0.717) is 27.6 Å². The predicted molar refractivity (Wildman–Crippen MR) is 86.5 cm³/mol. The number of carbonyl (C=O) groups excluding carboxylic acids is 1. The lowest BCUT2D eigenvalue weighted by atomic mass is 9.97. The Balaban J connectivity index is 2.35. The highest BCUT2D eigenvalue weighted by Crippen LogP contribution is 2.32. The SMILES string of the molecule is CC(=O)NC(Cc1ccc(Cl)cc1O)c1ccc(Cl)cc1O. The molecule has 6 heteroatoms. The third kappa shape index (κ3) is 4.06. The van der Waals surface area contributed by atoms with Crippen molar-refractivity contribution in [3.8, 4) is 11.5 Å². The van der Waals surface area contributed by atoms with Crippen LogP contribution >= 0.6 is 23.2 Å². The summed E-state index contributed by atoms with van der Waals surface area (Å²) in [5, 5.41) is 23.6. The van der Waals surface area contributed by atoms with E-state index < -0.39 is 6.04 Å². The van der Waals surface area contributed by atoms with Crippen LogP contribution < -0.4 is 5.32 Å². The number of aromatic hydroxyl groups is 2. The molecule has 0 aliphatic heterocycles. The smallest absolute Gasteiger partial charge is 0.217 e. The van der Waals surface area contributed by atoms with Crippen LogP contribution in [0.2, 0.25) is 10.0 Å². The third-order valence-electron chi connectivity index (χ3n) is 3.22. The lowest BCUT2D eigenvalue weighted by Crippen LogP contribution is -2.27. The highest BCUT2D eigenvalue weighted by Gasteiger charge is 2.19. The topological polar surface area (TPSA) is 69.6 Å². The van der Waals surface area contributed by atoms with Crippen molar-refractivity contribution in [1.82, 2.24) is 5.32 Å². The zero-order chi connectivity index (χ0) is 16.3. The van der Waals surface area contributed by atoms with Crippen molar-refractivity contribution >= 4 is 29.1 Å². The van der Waals surface area contributed by atoms with E-state index in [9.17, 15) is 15.0 Å². The number of carbonyl (C=O) groups is 1. The van der Waals surface area contributed by atoms with E-state index in [2.05, 4.69) is 5.32 Å². The van der Waals surface area contributed by atoms with Crippen LogP contribution in [0.1, 0.15) is 24.1 Å². The molecule has 0 saturated carbocycles. The minimum Gasteiger partial charge on any atom is -0.508 e. The third-order valence-corrected chi connectivity index (χ3v) is 3.69. The van der Waals surface area contributed by atoms with Crippen LogP contribution in [0.4, 0.5) is 0 Å². The second-order valence-electron chi connectivity index (χ2n) is 4.93. The monoisotopic (exact) mass is 339 g/mol. The summed E-state index contributed by atoms with van der Waals surface area (Å²) in [6.07, 6.45) is 0.303. The van der Waals surface area contributed by atoms with Gasteiger partial charge in [0.15, 0.2) is 0 Å². The first kappa shape index (κ1) is 16.5. The first-order chi connectivity index (χ1) is 10.4. The molecule has 1 unspecified atom stereocenters. The largest absolute Gasteiger partial charge is 0.508 e. The van der Waals surface area contributed by atoms with E-state index in [0.717, 1.165) is 0 Å². The highest BCUT2D eigenvalue weighted by atomic mass is 35.5. The summed E-state index contributed by atoms with van der Waals surface area (Å²) in [6.45, 7) is 1.39. The second kappa shape index (κ2) is 6.90. The van der Waals surface area contributed by atoms with Gasteiger partial charge in [0.1, 0.15) is 11.5 Å². The average Bonchev–Trinajstić information content (AvgIpc) is 2.40. The van der Waals surface area contributed by atoms with E-state index >= 15 is 0 Å². The number of amides is 1. The molecule has 0 heterocycles. The van der Waals surface area contributed by atoms with Crippen molar-refractivity contribution in [3.63, 3.8) is 0 Å². The number of phenolic OH excluding ortho intramolecular Hbond substituents is 2. The first-order valence-corrected chi connectivity index (χ1v) is 7.35. The molecule has 1 amide bonds. The number of halogens is 2. The normalized spacial score (nSPS) is 12.0. The summed E-state index contributed by atoms with van der Waals surface area (Å²) in [4.78, 5) is 11.4. The Morgan fingerprint density at radius 2 is 1.68 bits per heavy atom. The van der Waals surface area contributed by atoms with E-state index in [1.54, 1.807) is 24.3 Å². The number of nitrogens with one attached hydrogen (secondary N) is 1. The fourth-order valence-electron chi connectivity index (χ4n) is 2.23.